The second kappa shape index (κ2) is 21.4. The second-order valence-corrected chi connectivity index (χ2v) is 12.6. The maximum atomic E-state index is 13.7. The Kier molecular flexibility index (Phi) is 18.0. The van der Waals surface area contributed by atoms with Gasteiger partial charge < -0.3 is 25.7 Å². The third kappa shape index (κ3) is 13.9. The van der Waals surface area contributed by atoms with Crippen molar-refractivity contribution in [3.8, 4) is 24.7 Å². The highest BCUT2D eigenvalue weighted by Gasteiger charge is 2.34. The molecule has 10 heteroatoms. The summed E-state index contributed by atoms with van der Waals surface area (Å²) in [6.45, 7) is -0.00546. The fraction of sp³-hybridized carbons (Fsp3) is 0.639. The van der Waals surface area contributed by atoms with Crippen molar-refractivity contribution in [3.05, 3.63) is 35.9 Å². The summed E-state index contributed by atoms with van der Waals surface area (Å²) in [5.41, 5.74) is 0.850. The second-order valence-electron chi connectivity index (χ2n) is 12.6. The standard InChI is InChI=1S/C36H53FN4O5/c1-5-7-10-20-32(42)34(44)31(24-28-18-13-9-14-19-28)39-36(46)30(15-6-2)38-35(45)29(23-27-16-11-8-12-17-27)25-33(43)41(4)22-21-40(3)26-37/h1-2,8,11-12,16-17,28-32,34,42,44H,7,9-10,13-15,18-26H2,3-4H3,(H,38,45)(H,39,46)/t29?,30-,31?,32?,34?/m0/s1. The Hall–Kier alpha value is -3.44. The van der Waals surface area contributed by atoms with E-state index in [0.717, 1.165) is 37.7 Å². The van der Waals surface area contributed by atoms with Crippen molar-refractivity contribution in [1.82, 2.24) is 20.4 Å². The van der Waals surface area contributed by atoms with Crippen LogP contribution in [0, 0.1) is 36.5 Å². The molecule has 0 aliphatic heterocycles. The zero-order valence-electron chi connectivity index (χ0n) is 27.5. The topological polar surface area (TPSA) is 122 Å². The normalized spacial score (nSPS) is 16.7. The predicted octanol–water partition coefficient (Wildman–Crippen LogP) is 3.04. The maximum Gasteiger partial charge on any atom is 0.243 e. The van der Waals surface area contributed by atoms with Crippen LogP contribution in [-0.4, -0.2) is 96.0 Å². The highest BCUT2D eigenvalue weighted by atomic mass is 19.1. The van der Waals surface area contributed by atoms with Gasteiger partial charge in [0.15, 0.2) is 0 Å². The molecule has 1 aromatic carbocycles. The van der Waals surface area contributed by atoms with Crippen LogP contribution in [0.5, 0.6) is 0 Å². The molecule has 5 atom stereocenters. The number of halogens is 1. The molecule has 46 heavy (non-hydrogen) atoms. The highest BCUT2D eigenvalue weighted by Crippen LogP contribution is 2.29. The molecule has 1 aromatic rings. The van der Waals surface area contributed by atoms with Gasteiger partial charge in [0, 0.05) is 39.4 Å². The van der Waals surface area contributed by atoms with Crippen LogP contribution in [0.2, 0.25) is 0 Å². The van der Waals surface area contributed by atoms with Gasteiger partial charge in [-0.2, -0.15) is 0 Å². The van der Waals surface area contributed by atoms with Crippen molar-refractivity contribution < 1.29 is 29.0 Å². The van der Waals surface area contributed by atoms with Gasteiger partial charge in [-0.3, -0.25) is 19.3 Å². The van der Waals surface area contributed by atoms with Gasteiger partial charge in [0.2, 0.25) is 17.7 Å². The smallest absolute Gasteiger partial charge is 0.243 e. The van der Waals surface area contributed by atoms with Crippen LogP contribution in [0.3, 0.4) is 0 Å². The first-order valence-corrected chi connectivity index (χ1v) is 16.5. The maximum absolute atomic E-state index is 13.7. The minimum absolute atomic E-state index is 0.101. The summed E-state index contributed by atoms with van der Waals surface area (Å²) in [7, 11) is 3.22. The van der Waals surface area contributed by atoms with Gasteiger partial charge >= 0.3 is 0 Å². The number of terminal acetylenes is 2. The van der Waals surface area contributed by atoms with E-state index in [2.05, 4.69) is 22.5 Å². The number of nitrogens with zero attached hydrogens (tertiary/aromatic N) is 2. The van der Waals surface area contributed by atoms with Crippen molar-refractivity contribution in [3.63, 3.8) is 0 Å². The number of hydrogen-bond donors (Lipinski definition) is 4. The van der Waals surface area contributed by atoms with Crippen molar-refractivity contribution in [2.45, 2.75) is 101 Å². The fourth-order valence-corrected chi connectivity index (χ4v) is 5.85. The number of nitrogens with one attached hydrogen (secondary N) is 2. The van der Waals surface area contributed by atoms with Gasteiger partial charge in [-0.25, -0.2) is 4.39 Å². The summed E-state index contributed by atoms with van der Waals surface area (Å²) in [6, 6.07) is 7.42. The molecular weight excluding hydrogens is 587 g/mol. The lowest BCUT2D eigenvalue weighted by Gasteiger charge is -2.33. The molecule has 4 N–H and O–H groups in total. The number of benzene rings is 1. The van der Waals surface area contributed by atoms with E-state index in [0.29, 0.717) is 38.8 Å². The fourth-order valence-electron chi connectivity index (χ4n) is 5.85. The van der Waals surface area contributed by atoms with Crippen LogP contribution >= 0.6 is 0 Å². The number of unbranched alkanes of at least 4 members (excludes halogenated alkanes) is 1. The van der Waals surface area contributed by atoms with E-state index in [4.69, 9.17) is 12.8 Å². The number of aliphatic hydroxyl groups excluding tert-OH is 2. The zero-order valence-corrected chi connectivity index (χ0v) is 27.5. The van der Waals surface area contributed by atoms with Crippen LogP contribution in [0.1, 0.15) is 76.2 Å². The van der Waals surface area contributed by atoms with Gasteiger partial charge in [0.05, 0.1) is 24.2 Å². The molecule has 0 bridgehead atoms. The van der Waals surface area contributed by atoms with Crippen LogP contribution in [0.15, 0.2) is 30.3 Å². The van der Waals surface area contributed by atoms with Crippen molar-refractivity contribution in [1.29, 1.82) is 0 Å². The van der Waals surface area contributed by atoms with Crippen molar-refractivity contribution >= 4 is 17.7 Å². The molecule has 3 amide bonds. The molecular formula is C36H53FN4O5. The van der Waals surface area contributed by atoms with Gasteiger partial charge in [-0.05, 0) is 44.2 Å². The summed E-state index contributed by atoms with van der Waals surface area (Å²) in [4.78, 5) is 43.4. The van der Waals surface area contributed by atoms with Crippen LogP contribution < -0.4 is 10.6 Å². The molecule has 1 saturated carbocycles. The molecule has 1 aliphatic rings. The van der Waals surface area contributed by atoms with E-state index in [1.807, 2.05) is 30.3 Å². The lowest BCUT2D eigenvalue weighted by atomic mass is 9.82. The third-order valence-corrected chi connectivity index (χ3v) is 8.79. The third-order valence-electron chi connectivity index (χ3n) is 8.79. The summed E-state index contributed by atoms with van der Waals surface area (Å²) in [5, 5.41) is 27.5. The Morgan fingerprint density at radius 3 is 2.33 bits per heavy atom. The zero-order chi connectivity index (χ0) is 33.9. The molecule has 0 saturated heterocycles. The number of likely N-dealkylation sites (N-methyl/N-ethyl adjacent to an activating group) is 2. The minimum atomic E-state index is -1.22. The number of carbonyl (C=O) groups is 3. The quantitative estimate of drug-likeness (QED) is 0.0988. The average Bonchev–Trinajstić information content (AvgIpc) is 3.06. The van der Waals surface area contributed by atoms with Crippen LogP contribution in [0.4, 0.5) is 4.39 Å². The summed E-state index contributed by atoms with van der Waals surface area (Å²) >= 11 is 0. The van der Waals surface area contributed by atoms with Gasteiger partial charge in [-0.15, -0.1) is 24.7 Å². The molecule has 1 aliphatic carbocycles. The number of alkyl halides is 1. The predicted molar refractivity (Wildman–Crippen MR) is 178 cm³/mol. The van der Waals surface area contributed by atoms with Gasteiger partial charge in [0.1, 0.15) is 12.8 Å². The van der Waals surface area contributed by atoms with Crippen LogP contribution in [0.25, 0.3) is 0 Å². The number of aliphatic hydroxyl groups is 2. The average molecular weight is 641 g/mol. The molecule has 2 rings (SSSR count). The van der Waals surface area contributed by atoms with E-state index in [1.54, 1.807) is 14.1 Å². The minimum Gasteiger partial charge on any atom is -0.390 e. The summed E-state index contributed by atoms with van der Waals surface area (Å²) in [6.07, 6.45) is 15.7. The molecule has 0 aromatic heterocycles. The number of carbonyl (C=O) groups excluding carboxylic acids is 3. The molecule has 0 radical (unpaired) electrons. The highest BCUT2D eigenvalue weighted by molar-refractivity contribution is 5.91. The molecule has 4 unspecified atom stereocenters. The van der Waals surface area contributed by atoms with Crippen molar-refractivity contribution in [2.24, 2.45) is 11.8 Å². The van der Waals surface area contributed by atoms with E-state index >= 15 is 0 Å². The molecule has 1 fully saturated rings. The van der Waals surface area contributed by atoms with Crippen LogP contribution in [-0.2, 0) is 20.8 Å². The van der Waals surface area contributed by atoms with E-state index < -0.39 is 48.8 Å². The Morgan fingerprint density at radius 2 is 1.70 bits per heavy atom. The number of rotatable bonds is 20. The lowest BCUT2D eigenvalue weighted by molar-refractivity contribution is -0.137. The van der Waals surface area contributed by atoms with Gasteiger partial charge in [-0.1, -0.05) is 62.4 Å². The molecule has 0 spiro atoms. The largest absolute Gasteiger partial charge is 0.390 e. The Balaban J connectivity index is 2.20. The first-order valence-electron chi connectivity index (χ1n) is 16.5. The number of amides is 3. The van der Waals surface area contributed by atoms with E-state index in [1.165, 1.54) is 9.80 Å². The summed E-state index contributed by atoms with van der Waals surface area (Å²) in [5.74, 6) is 3.14. The lowest BCUT2D eigenvalue weighted by Crippen LogP contribution is -2.56. The monoisotopic (exact) mass is 640 g/mol. The molecule has 0 heterocycles. The Morgan fingerprint density at radius 1 is 1.00 bits per heavy atom. The number of hydrogen-bond acceptors (Lipinski definition) is 6. The SMILES string of the molecule is C#CCCCC(O)C(O)C(CC1CCCCC1)NC(=O)[C@H](CC#C)NC(=O)C(CC(=O)N(C)CCN(C)CF)Cc1ccccc1. The Labute approximate surface area is 274 Å². The van der Waals surface area contributed by atoms with Crippen molar-refractivity contribution in [2.75, 3.05) is 34.0 Å². The van der Waals surface area contributed by atoms with Gasteiger partial charge in [0.25, 0.3) is 0 Å². The Bertz CT molecular complexity index is 1150. The first-order chi connectivity index (χ1) is 22.1. The van der Waals surface area contributed by atoms with E-state index in [-0.39, 0.29) is 31.1 Å². The first kappa shape index (κ1) is 38.7. The molecule has 9 nitrogen and oxygen atoms in total. The molecule has 254 valence electrons. The summed E-state index contributed by atoms with van der Waals surface area (Å²) < 4.78 is 12.9. The van der Waals surface area contributed by atoms with E-state index in [9.17, 15) is 29.0 Å².